The highest BCUT2D eigenvalue weighted by Crippen LogP contribution is 2.28. The number of nitrogens with one attached hydrogen (secondary N) is 1. The lowest BCUT2D eigenvalue weighted by Crippen LogP contribution is -2.33. The third-order valence-corrected chi connectivity index (χ3v) is 3.83. The summed E-state index contributed by atoms with van der Waals surface area (Å²) in [6.07, 6.45) is -0.213. The number of para-hydroxylation sites is 1. The number of amides is 1. The predicted octanol–water partition coefficient (Wildman–Crippen LogP) is 3.05. The van der Waals surface area contributed by atoms with Crippen LogP contribution in [0.5, 0.6) is 17.2 Å². The van der Waals surface area contributed by atoms with Crippen LogP contribution in [-0.2, 0) is 4.79 Å². The van der Waals surface area contributed by atoms with E-state index in [4.69, 9.17) is 19.3 Å². The maximum atomic E-state index is 12.4. The van der Waals surface area contributed by atoms with E-state index in [-0.39, 0.29) is 17.8 Å². The number of hydrogen-bond donors (Lipinski definition) is 2. The van der Waals surface area contributed by atoms with Gasteiger partial charge in [-0.05, 0) is 50.6 Å². The quantitative estimate of drug-likeness (QED) is 0.651. The average Bonchev–Trinajstić information content (AvgIpc) is 2.67. The van der Waals surface area contributed by atoms with E-state index in [2.05, 4.69) is 5.32 Å². The molecule has 0 saturated carbocycles. The first kappa shape index (κ1) is 21.1. The van der Waals surface area contributed by atoms with Gasteiger partial charge >= 0.3 is 5.97 Å². The van der Waals surface area contributed by atoms with E-state index in [0.29, 0.717) is 24.5 Å². The highest BCUT2D eigenvalue weighted by molar-refractivity contribution is 5.94. The van der Waals surface area contributed by atoms with Crippen molar-refractivity contribution in [2.24, 2.45) is 0 Å². The Balaban J connectivity index is 1.98. The third kappa shape index (κ3) is 6.19. The number of aliphatic carboxylic acids is 1. The van der Waals surface area contributed by atoms with E-state index < -0.39 is 12.6 Å². The van der Waals surface area contributed by atoms with E-state index in [1.165, 1.54) is 12.1 Å². The van der Waals surface area contributed by atoms with E-state index >= 15 is 0 Å². The molecule has 28 heavy (non-hydrogen) atoms. The zero-order valence-corrected chi connectivity index (χ0v) is 16.2. The maximum Gasteiger partial charge on any atom is 0.341 e. The van der Waals surface area contributed by atoms with E-state index in [1.54, 1.807) is 13.0 Å². The van der Waals surface area contributed by atoms with Gasteiger partial charge in [-0.25, -0.2) is 4.79 Å². The second kappa shape index (κ2) is 10.2. The van der Waals surface area contributed by atoms with E-state index in [0.717, 1.165) is 11.3 Å². The Labute approximate surface area is 164 Å². The van der Waals surface area contributed by atoms with Gasteiger partial charge in [0.1, 0.15) is 11.9 Å². The molecule has 2 aromatic carbocycles. The molecule has 0 spiro atoms. The molecule has 7 nitrogen and oxygen atoms in total. The largest absolute Gasteiger partial charge is 0.490 e. The van der Waals surface area contributed by atoms with Crippen LogP contribution in [0.2, 0.25) is 0 Å². The summed E-state index contributed by atoms with van der Waals surface area (Å²) >= 11 is 0. The Hall–Kier alpha value is -3.22. The van der Waals surface area contributed by atoms with Gasteiger partial charge in [0.05, 0.1) is 13.2 Å². The van der Waals surface area contributed by atoms with Crippen molar-refractivity contribution < 1.29 is 28.9 Å². The molecule has 0 radical (unpaired) electrons. The van der Waals surface area contributed by atoms with Crippen molar-refractivity contribution in [3.8, 4) is 17.2 Å². The Morgan fingerprint density at radius 1 is 1.07 bits per heavy atom. The minimum atomic E-state index is -1.09. The topological polar surface area (TPSA) is 94.1 Å². The Bertz CT molecular complexity index is 820. The minimum absolute atomic E-state index is 0.213. The van der Waals surface area contributed by atoms with Crippen molar-refractivity contribution in [2.45, 2.75) is 26.9 Å². The lowest BCUT2D eigenvalue weighted by atomic mass is 10.2. The number of carboxylic acid groups (broad SMARTS) is 1. The van der Waals surface area contributed by atoms with E-state index in [1.807, 2.05) is 38.1 Å². The fraction of sp³-hybridized carbons (Fsp3) is 0.333. The van der Waals surface area contributed by atoms with Crippen LogP contribution >= 0.6 is 0 Å². The summed E-state index contributed by atoms with van der Waals surface area (Å²) < 4.78 is 16.5. The molecule has 2 aromatic rings. The summed E-state index contributed by atoms with van der Waals surface area (Å²) in [5.41, 5.74) is 1.41. The van der Waals surface area contributed by atoms with Crippen molar-refractivity contribution in [3.63, 3.8) is 0 Å². The van der Waals surface area contributed by atoms with Gasteiger partial charge in [0.25, 0.3) is 5.91 Å². The second-order valence-corrected chi connectivity index (χ2v) is 6.18. The van der Waals surface area contributed by atoms with E-state index in [9.17, 15) is 9.59 Å². The summed E-state index contributed by atoms with van der Waals surface area (Å²) in [5.74, 6) is -0.00152. The van der Waals surface area contributed by atoms with Crippen LogP contribution < -0.4 is 19.5 Å². The molecule has 0 bridgehead atoms. The van der Waals surface area contributed by atoms with Crippen LogP contribution in [0.4, 0.5) is 0 Å². The summed E-state index contributed by atoms with van der Waals surface area (Å²) in [7, 11) is 0. The highest BCUT2D eigenvalue weighted by atomic mass is 16.5. The first-order valence-electron chi connectivity index (χ1n) is 9.02. The number of ether oxygens (including phenoxy) is 3. The molecule has 2 N–H and O–H groups in total. The first-order chi connectivity index (χ1) is 13.4. The zero-order valence-electron chi connectivity index (χ0n) is 16.2. The fourth-order valence-corrected chi connectivity index (χ4v) is 2.46. The van der Waals surface area contributed by atoms with Gasteiger partial charge in [-0.15, -0.1) is 0 Å². The Morgan fingerprint density at radius 2 is 1.82 bits per heavy atom. The van der Waals surface area contributed by atoms with Gasteiger partial charge in [-0.2, -0.15) is 0 Å². The molecule has 0 aliphatic heterocycles. The summed E-state index contributed by atoms with van der Waals surface area (Å²) in [6.45, 7) is 5.83. The SMILES string of the molecule is CCOc1cc(C(=O)NCC(C)Oc2ccccc2C)ccc1OCC(=O)O. The average molecular weight is 387 g/mol. The first-order valence-corrected chi connectivity index (χ1v) is 9.02. The lowest BCUT2D eigenvalue weighted by Gasteiger charge is -2.17. The van der Waals surface area contributed by atoms with Crippen molar-refractivity contribution in [1.82, 2.24) is 5.32 Å². The Morgan fingerprint density at radius 3 is 2.50 bits per heavy atom. The van der Waals surface area contributed by atoms with Crippen LogP contribution in [0.3, 0.4) is 0 Å². The molecule has 1 amide bonds. The number of carbonyl (C=O) groups excluding carboxylic acids is 1. The monoisotopic (exact) mass is 387 g/mol. The zero-order chi connectivity index (χ0) is 20.5. The molecule has 150 valence electrons. The minimum Gasteiger partial charge on any atom is -0.490 e. The molecule has 0 aromatic heterocycles. The molecular formula is C21H25NO6. The summed E-state index contributed by atoms with van der Waals surface area (Å²) in [6, 6.07) is 12.3. The van der Waals surface area contributed by atoms with Gasteiger partial charge in [-0.3, -0.25) is 4.79 Å². The highest BCUT2D eigenvalue weighted by Gasteiger charge is 2.14. The molecule has 0 heterocycles. The molecule has 1 atom stereocenters. The number of carboxylic acids is 1. The summed E-state index contributed by atoms with van der Waals surface area (Å²) in [4.78, 5) is 23.1. The molecule has 0 aliphatic carbocycles. The maximum absolute atomic E-state index is 12.4. The number of carbonyl (C=O) groups is 2. The van der Waals surface area contributed by atoms with Gasteiger partial charge in [0, 0.05) is 5.56 Å². The standard InChI is InChI=1S/C21H25NO6/c1-4-26-19-11-16(9-10-18(19)27-13-20(23)24)21(25)22-12-15(3)28-17-8-6-5-7-14(17)2/h5-11,15H,4,12-13H2,1-3H3,(H,22,25)(H,23,24). The molecule has 0 aliphatic rings. The van der Waals surface area contributed by atoms with Gasteiger partial charge in [0.2, 0.25) is 0 Å². The second-order valence-electron chi connectivity index (χ2n) is 6.18. The van der Waals surface area contributed by atoms with Crippen molar-refractivity contribution >= 4 is 11.9 Å². The van der Waals surface area contributed by atoms with Crippen LogP contribution in [0.1, 0.15) is 29.8 Å². The predicted molar refractivity (Wildman–Crippen MR) is 104 cm³/mol. The van der Waals surface area contributed by atoms with Crippen LogP contribution in [-0.4, -0.2) is 42.8 Å². The lowest BCUT2D eigenvalue weighted by molar-refractivity contribution is -0.139. The fourth-order valence-electron chi connectivity index (χ4n) is 2.46. The third-order valence-electron chi connectivity index (χ3n) is 3.83. The number of rotatable bonds is 10. The molecule has 1 unspecified atom stereocenters. The smallest absolute Gasteiger partial charge is 0.341 e. The molecule has 2 rings (SSSR count). The molecule has 0 fully saturated rings. The summed E-state index contributed by atoms with van der Waals surface area (Å²) in [5, 5.41) is 11.6. The molecule has 0 saturated heterocycles. The Kier molecular flexibility index (Phi) is 7.68. The molecular weight excluding hydrogens is 362 g/mol. The normalized spacial score (nSPS) is 11.4. The van der Waals surface area contributed by atoms with Crippen LogP contribution in [0.25, 0.3) is 0 Å². The van der Waals surface area contributed by atoms with Gasteiger partial charge in [-0.1, -0.05) is 18.2 Å². The number of aryl methyl sites for hydroxylation is 1. The van der Waals surface area contributed by atoms with Crippen molar-refractivity contribution in [3.05, 3.63) is 53.6 Å². The van der Waals surface area contributed by atoms with Crippen molar-refractivity contribution in [1.29, 1.82) is 0 Å². The van der Waals surface area contributed by atoms with Crippen LogP contribution in [0, 0.1) is 6.92 Å². The number of benzene rings is 2. The van der Waals surface area contributed by atoms with Gasteiger partial charge < -0.3 is 24.6 Å². The van der Waals surface area contributed by atoms with Gasteiger partial charge in [0.15, 0.2) is 18.1 Å². The van der Waals surface area contributed by atoms with Crippen LogP contribution in [0.15, 0.2) is 42.5 Å². The van der Waals surface area contributed by atoms with Crippen molar-refractivity contribution in [2.75, 3.05) is 19.8 Å². The number of hydrogen-bond acceptors (Lipinski definition) is 5. The molecule has 7 heteroatoms.